The predicted octanol–water partition coefficient (Wildman–Crippen LogP) is 3.46. The third-order valence-electron chi connectivity index (χ3n) is 3.51. The van der Waals surface area contributed by atoms with Crippen LogP contribution in [0.25, 0.3) is 10.9 Å². The van der Waals surface area contributed by atoms with E-state index in [9.17, 15) is 27.0 Å². The largest absolute Gasteiger partial charge is 0.798 e. The summed E-state index contributed by atoms with van der Waals surface area (Å²) in [5.41, 5.74) is -1.57. The maximum absolute atomic E-state index is 13.8. The Morgan fingerprint density at radius 3 is 2.57 bits per heavy atom. The molecular weight excluding hydrogens is 385 g/mol. The SMILES string of the molecule is O=C(OB(F)F)c1cn(C2CC2)c2c(Br)c(F)c(F)cc2c1=O. The highest BCUT2D eigenvalue weighted by atomic mass is 79.9. The third-order valence-corrected chi connectivity index (χ3v) is 4.23. The lowest BCUT2D eigenvalue weighted by molar-refractivity contribution is 0.0693. The number of benzene rings is 1. The number of pyridine rings is 1. The second-order valence-electron chi connectivity index (χ2n) is 5.06. The first kappa shape index (κ1) is 16.0. The lowest BCUT2D eigenvalue weighted by Gasteiger charge is -2.14. The molecule has 0 radical (unpaired) electrons. The minimum absolute atomic E-state index is 0.0741. The standard InChI is InChI=1S/C13H7BBrF4NO3/c15-9-10(17)8(16)3-6-11(9)20(5-1-2-5)4-7(12(6)21)13(22)23-14(18)19/h3-5H,1-2H2. The van der Waals surface area contributed by atoms with E-state index >= 15 is 0 Å². The van der Waals surface area contributed by atoms with Crippen molar-refractivity contribution >= 4 is 40.3 Å². The molecule has 4 nitrogen and oxygen atoms in total. The van der Waals surface area contributed by atoms with Gasteiger partial charge in [-0.05, 0) is 34.8 Å². The molecule has 0 amide bonds. The van der Waals surface area contributed by atoms with E-state index in [-0.39, 0.29) is 21.4 Å². The van der Waals surface area contributed by atoms with Crippen molar-refractivity contribution in [2.75, 3.05) is 0 Å². The summed E-state index contributed by atoms with van der Waals surface area (Å²) in [5.74, 6) is -3.97. The van der Waals surface area contributed by atoms with Crippen LogP contribution >= 0.6 is 15.9 Å². The molecule has 23 heavy (non-hydrogen) atoms. The van der Waals surface area contributed by atoms with Crippen molar-refractivity contribution in [2.24, 2.45) is 0 Å². The van der Waals surface area contributed by atoms with E-state index in [1.54, 1.807) is 0 Å². The molecule has 1 heterocycles. The number of hydrogen-bond acceptors (Lipinski definition) is 3. The van der Waals surface area contributed by atoms with Crippen molar-refractivity contribution in [3.63, 3.8) is 0 Å². The van der Waals surface area contributed by atoms with Crippen molar-refractivity contribution in [1.29, 1.82) is 0 Å². The smallest absolute Gasteiger partial charge is 0.474 e. The molecule has 1 aromatic carbocycles. The van der Waals surface area contributed by atoms with E-state index in [0.29, 0.717) is 18.9 Å². The van der Waals surface area contributed by atoms with Crippen LogP contribution in [0.1, 0.15) is 29.2 Å². The molecule has 1 aliphatic carbocycles. The topological polar surface area (TPSA) is 48.3 Å². The van der Waals surface area contributed by atoms with Crippen molar-refractivity contribution in [3.05, 3.63) is 44.2 Å². The summed E-state index contributed by atoms with van der Waals surface area (Å²) in [5, 5.41) is -0.286. The van der Waals surface area contributed by atoms with E-state index < -0.39 is 36.1 Å². The molecule has 0 saturated heterocycles. The highest BCUT2D eigenvalue weighted by molar-refractivity contribution is 9.10. The van der Waals surface area contributed by atoms with Crippen LogP contribution in [0.15, 0.2) is 21.5 Å². The normalized spacial score (nSPS) is 14.1. The Labute approximate surface area is 135 Å². The summed E-state index contributed by atoms with van der Waals surface area (Å²) in [6, 6.07) is 0.521. The van der Waals surface area contributed by atoms with Gasteiger partial charge in [0.05, 0.1) is 15.4 Å². The summed E-state index contributed by atoms with van der Waals surface area (Å²) in [4.78, 5) is 23.9. The fourth-order valence-electron chi connectivity index (χ4n) is 2.35. The van der Waals surface area contributed by atoms with Gasteiger partial charge in [0.1, 0.15) is 5.56 Å². The quantitative estimate of drug-likeness (QED) is 0.457. The van der Waals surface area contributed by atoms with Crippen molar-refractivity contribution in [3.8, 4) is 0 Å². The molecule has 0 bridgehead atoms. The average Bonchev–Trinajstić information content (AvgIpc) is 3.29. The molecule has 10 heteroatoms. The Bertz CT molecular complexity index is 882. The first-order chi connectivity index (χ1) is 10.8. The minimum Gasteiger partial charge on any atom is -0.474 e. The summed E-state index contributed by atoms with van der Waals surface area (Å²) in [6.45, 7) is 0. The molecule has 0 spiro atoms. The van der Waals surface area contributed by atoms with E-state index in [0.717, 1.165) is 6.20 Å². The fraction of sp³-hybridized carbons (Fsp3) is 0.231. The van der Waals surface area contributed by atoms with Gasteiger partial charge in [-0.25, -0.2) is 22.2 Å². The Morgan fingerprint density at radius 2 is 2.00 bits per heavy atom. The maximum atomic E-state index is 13.8. The van der Waals surface area contributed by atoms with Gasteiger partial charge in [-0.2, -0.15) is 0 Å². The lowest BCUT2D eigenvalue weighted by atomic mass is 10.1. The first-order valence-corrected chi connectivity index (χ1v) is 7.32. The predicted molar refractivity (Wildman–Crippen MR) is 77.5 cm³/mol. The fourth-order valence-corrected chi connectivity index (χ4v) is 2.96. The van der Waals surface area contributed by atoms with Gasteiger partial charge in [-0.3, -0.25) is 4.79 Å². The van der Waals surface area contributed by atoms with Gasteiger partial charge in [0.15, 0.2) is 11.6 Å². The Balaban J connectivity index is 2.33. The van der Waals surface area contributed by atoms with E-state index in [2.05, 4.69) is 20.6 Å². The Kier molecular flexibility index (Phi) is 3.95. The van der Waals surface area contributed by atoms with Crippen LogP contribution in [0.3, 0.4) is 0 Å². The van der Waals surface area contributed by atoms with Crippen LogP contribution < -0.4 is 5.43 Å². The monoisotopic (exact) mass is 391 g/mol. The molecule has 1 aromatic heterocycles. The number of hydrogen-bond donors (Lipinski definition) is 0. The molecule has 0 atom stereocenters. The van der Waals surface area contributed by atoms with Gasteiger partial charge in [-0.1, -0.05) is 0 Å². The molecule has 1 fully saturated rings. The van der Waals surface area contributed by atoms with Crippen molar-refractivity contribution in [1.82, 2.24) is 4.57 Å². The Morgan fingerprint density at radius 1 is 1.35 bits per heavy atom. The van der Waals surface area contributed by atoms with Gasteiger partial charge in [0, 0.05) is 12.2 Å². The van der Waals surface area contributed by atoms with Crippen LogP contribution in [0.2, 0.25) is 0 Å². The average molecular weight is 392 g/mol. The van der Waals surface area contributed by atoms with Gasteiger partial charge in [-0.15, -0.1) is 0 Å². The van der Waals surface area contributed by atoms with Gasteiger partial charge >= 0.3 is 13.4 Å². The zero-order chi connectivity index (χ0) is 16.9. The van der Waals surface area contributed by atoms with Crippen LogP contribution in [0.4, 0.5) is 17.4 Å². The van der Waals surface area contributed by atoms with Crippen LogP contribution in [-0.4, -0.2) is 18.0 Å². The highest BCUT2D eigenvalue weighted by Crippen LogP contribution is 2.39. The molecular formula is C13H7BBrF4NO3. The highest BCUT2D eigenvalue weighted by Gasteiger charge is 2.31. The molecule has 0 N–H and O–H groups in total. The summed E-state index contributed by atoms with van der Waals surface area (Å²) < 4.78 is 56.6. The van der Waals surface area contributed by atoms with E-state index in [1.165, 1.54) is 4.57 Å². The molecule has 0 unspecified atom stereocenters. The molecule has 2 aromatic rings. The lowest BCUT2D eigenvalue weighted by Crippen LogP contribution is -2.24. The van der Waals surface area contributed by atoms with E-state index in [4.69, 9.17) is 0 Å². The summed E-state index contributed by atoms with van der Waals surface area (Å²) >= 11 is 2.90. The third kappa shape index (κ3) is 2.75. The number of carbonyl (C=O) groups is 1. The van der Waals surface area contributed by atoms with Gasteiger partial charge in [0.25, 0.3) is 0 Å². The second-order valence-corrected chi connectivity index (χ2v) is 5.85. The Hall–Kier alpha value is -1.84. The van der Waals surface area contributed by atoms with Crippen LogP contribution in [0.5, 0.6) is 0 Å². The first-order valence-electron chi connectivity index (χ1n) is 6.52. The number of aromatic nitrogens is 1. The minimum atomic E-state index is -3.39. The van der Waals surface area contributed by atoms with Crippen LogP contribution in [-0.2, 0) is 4.65 Å². The van der Waals surface area contributed by atoms with Crippen LogP contribution in [0, 0.1) is 11.6 Å². The molecule has 0 aliphatic heterocycles. The number of fused-ring (bicyclic) bond motifs is 1. The molecule has 3 rings (SSSR count). The summed E-state index contributed by atoms with van der Waals surface area (Å²) in [6.07, 6.45) is 2.45. The zero-order valence-corrected chi connectivity index (χ0v) is 12.9. The number of carbonyl (C=O) groups excluding carboxylic acids is 1. The number of halogens is 5. The van der Waals surface area contributed by atoms with Crippen molar-refractivity contribution in [2.45, 2.75) is 18.9 Å². The molecule has 1 saturated carbocycles. The zero-order valence-electron chi connectivity index (χ0n) is 11.3. The molecule has 120 valence electrons. The number of rotatable bonds is 3. The summed E-state index contributed by atoms with van der Waals surface area (Å²) in [7, 11) is -3.39. The second kappa shape index (κ2) is 5.66. The number of nitrogens with zero attached hydrogens (tertiary/aromatic N) is 1. The van der Waals surface area contributed by atoms with Crippen molar-refractivity contribution < 1.29 is 26.9 Å². The molecule has 1 aliphatic rings. The van der Waals surface area contributed by atoms with Gasteiger partial charge in [0.2, 0.25) is 5.43 Å². The van der Waals surface area contributed by atoms with E-state index in [1.807, 2.05) is 0 Å². The maximum Gasteiger partial charge on any atom is 0.798 e. The van der Waals surface area contributed by atoms with Gasteiger partial charge < -0.3 is 9.22 Å².